The quantitative estimate of drug-likeness (QED) is 0.867. The first-order valence-corrected chi connectivity index (χ1v) is 6.68. The van der Waals surface area contributed by atoms with Crippen LogP contribution in [0.25, 0.3) is 0 Å². The molecule has 102 valence electrons. The lowest BCUT2D eigenvalue weighted by molar-refractivity contribution is 0.0939. The zero-order valence-electron chi connectivity index (χ0n) is 11.0. The van der Waals surface area contributed by atoms with Crippen molar-refractivity contribution in [1.29, 1.82) is 0 Å². The predicted molar refractivity (Wildman–Crippen MR) is 74.7 cm³/mol. The van der Waals surface area contributed by atoms with E-state index in [2.05, 4.69) is 15.3 Å². The summed E-state index contributed by atoms with van der Waals surface area (Å²) in [6.45, 7) is 0.500. The number of carbonyl (C=O) groups is 1. The second-order valence-electron chi connectivity index (χ2n) is 4.83. The first-order valence-electron chi connectivity index (χ1n) is 6.68. The Bertz CT molecular complexity index is 692. The Balaban J connectivity index is 1.84. The van der Waals surface area contributed by atoms with Crippen molar-refractivity contribution in [2.75, 3.05) is 6.54 Å². The molecule has 1 aromatic carbocycles. The maximum Gasteiger partial charge on any atom is 0.270 e. The number of nitrogens with zero attached hydrogens (tertiary/aromatic N) is 1. The van der Waals surface area contributed by atoms with Crippen LogP contribution in [-0.4, -0.2) is 22.4 Å². The molecule has 2 aromatic rings. The number of aromatic amines is 1. The molecule has 3 rings (SSSR count). The van der Waals surface area contributed by atoms with Crippen LogP contribution in [-0.2, 0) is 19.3 Å². The fraction of sp³-hybridized carbons (Fsp3) is 0.267. The van der Waals surface area contributed by atoms with Crippen LogP contribution in [0.3, 0.4) is 0 Å². The lowest BCUT2D eigenvalue weighted by atomic mass is 10.1. The van der Waals surface area contributed by atoms with Gasteiger partial charge in [0.15, 0.2) is 0 Å². The molecule has 5 heteroatoms. The van der Waals surface area contributed by atoms with E-state index in [-0.39, 0.29) is 17.2 Å². The van der Waals surface area contributed by atoms with Crippen LogP contribution < -0.4 is 10.9 Å². The minimum Gasteiger partial charge on any atom is -0.350 e. The molecule has 20 heavy (non-hydrogen) atoms. The summed E-state index contributed by atoms with van der Waals surface area (Å²) >= 11 is 0. The van der Waals surface area contributed by atoms with Gasteiger partial charge in [-0.05, 0) is 18.4 Å². The highest BCUT2D eigenvalue weighted by molar-refractivity contribution is 5.94. The number of fused-ring (bicyclic) bond motifs is 1. The molecular weight excluding hydrogens is 254 g/mol. The SMILES string of the molecule is O=C1NCCc2c1nc(CCc1ccccc1)[nH]c2=O. The normalized spacial score (nSPS) is 13.7. The van der Waals surface area contributed by atoms with Gasteiger partial charge >= 0.3 is 0 Å². The Morgan fingerprint density at radius 2 is 1.90 bits per heavy atom. The molecule has 0 radical (unpaired) electrons. The molecule has 5 nitrogen and oxygen atoms in total. The lowest BCUT2D eigenvalue weighted by Crippen LogP contribution is -2.37. The van der Waals surface area contributed by atoms with Crippen molar-refractivity contribution in [2.45, 2.75) is 19.3 Å². The maximum atomic E-state index is 12.0. The zero-order chi connectivity index (χ0) is 13.9. The van der Waals surface area contributed by atoms with Crippen molar-refractivity contribution in [3.63, 3.8) is 0 Å². The van der Waals surface area contributed by atoms with E-state index in [0.717, 1.165) is 6.42 Å². The van der Waals surface area contributed by atoms with Gasteiger partial charge in [0.25, 0.3) is 11.5 Å². The minimum atomic E-state index is -0.252. The fourth-order valence-corrected chi connectivity index (χ4v) is 2.37. The van der Waals surface area contributed by atoms with Gasteiger partial charge in [0.2, 0.25) is 0 Å². The van der Waals surface area contributed by atoms with Crippen LogP contribution in [0.4, 0.5) is 0 Å². The maximum absolute atomic E-state index is 12.0. The number of hydrogen-bond donors (Lipinski definition) is 2. The number of hydrogen-bond acceptors (Lipinski definition) is 3. The Kier molecular flexibility index (Phi) is 3.33. The van der Waals surface area contributed by atoms with Crippen LogP contribution in [0.5, 0.6) is 0 Å². The van der Waals surface area contributed by atoms with Crippen LogP contribution in [0.1, 0.15) is 27.4 Å². The van der Waals surface area contributed by atoms with Crippen molar-refractivity contribution in [3.05, 3.63) is 63.3 Å². The molecule has 0 bridgehead atoms. The summed E-state index contributed by atoms with van der Waals surface area (Å²) in [6, 6.07) is 9.98. The summed E-state index contributed by atoms with van der Waals surface area (Å²) in [5.41, 5.74) is 1.77. The zero-order valence-corrected chi connectivity index (χ0v) is 11.0. The topological polar surface area (TPSA) is 74.8 Å². The van der Waals surface area contributed by atoms with Gasteiger partial charge in [0.1, 0.15) is 11.5 Å². The second kappa shape index (κ2) is 5.28. The number of aromatic nitrogens is 2. The number of carbonyl (C=O) groups excluding carboxylic acids is 1. The number of amides is 1. The largest absolute Gasteiger partial charge is 0.350 e. The third kappa shape index (κ3) is 2.47. The number of rotatable bonds is 3. The Morgan fingerprint density at radius 3 is 2.70 bits per heavy atom. The summed E-state index contributed by atoms with van der Waals surface area (Å²) in [7, 11) is 0. The number of nitrogens with one attached hydrogen (secondary N) is 2. The first-order chi connectivity index (χ1) is 9.74. The fourth-order valence-electron chi connectivity index (χ4n) is 2.37. The van der Waals surface area contributed by atoms with Gasteiger partial charge in [-0.3, -0.25) is 9.59 Å². The molecule has 1 amide bonds. The molecule has 2 heterocycles. The Labute approximate surface area is 116 Å². The molecule has 0 fully saturated rings. The Morgan fingerprint density at radius 1 is 1.10 bits per heavy atom. The highest BCUT2D eigenvalue weighted by atomic mass is 16.2. The van der Waals surface area contributed by atoms with Gasteiger partial charge in [-0.15, -0.1) is 0 Å². The van der Waals surface area contributed by atoms with Gasteiger partial charge in [-0.2, -0.15) is 0 Å². The van der Waals surface area contributed by atoms with Gasteiger partial charge < -0.3 is 10.3 Å². The van der Waals surface area contributed by atoms with Crippen LogP contribution in [0.2, 0.25) is 0 Å². The summed E-state index contributed by atoms with van der Waals surface area (Å²) in [4.78, 5) is 30.8. The van der Waals surface area contributed by atoms with Crippen molar-refractivity contribution < 1.29 is 4.79 Å². The van der Waals surface area contributed by atoms with Crippen LogP contribution >= 0.6 is 0 Å². The summed E-state index contributed by atoms with van der Waals surface area (Å²) in [5.74, 6) is 0.313. The average molecular weight is 269 g/mol. The average Bonchev–Trinajstić information content (AvgIpc) is 2.47. The molecule has 1 aliphatic rings. The third-order valence-corrected chi connectivity index (χ3v) is 3.43. The Hall–Kier alpha value is -2.43. The van der Waals surface area contributed by atoms with E-state index in [1.807, 2.05) is 30.3 Å². The van der Waals surface area contributed by atoms with E-state index in [1.54, 1.807) is 0 Å². The molecule has 0 saturated carbocycles. The molecular formula is C15H15N3O2. The van der Waals surface area contributed by atoms with Crippen molar-refractivity contribution in [1.82, 2.24) is 15.3 Å². The van der Waals surface area contributed by atoms with Crippen LogP contribution in [0, 0.1) is 0 Å². The van der Waals surface area contributed by atoms with E-state index < -0.39 is 0 Å². The molecule has 0 spiro atoms. The molecule has 0 aliphatic carbocycles. The smallest absolute Gasteiger partial charge is 0.270 e. The second-order valence-corrected chi connectivity index (χ2v) is 4.83. The minimum absolute atomic E-state index is 0.187. The summed E-state index contributed by atoms with van der Waals surface area (Å²) < 4.78 is 0. The van der Waals surface area contributed by atoms with E-state index in [1.165, 1.54) is 5.56 Å². The third-order valence-electron chi connectivity index (χ3n) is 3.43. The molecule has 1 aliphatic heterocycles. The monoisotopic (exact) mass is 269 g/mol. The van der Waals surface area contributed by atoms with Gasteiger partial charge in [-0.1, -0.05) is 30.3 Å². The standard InChI is InChI=1S/C15H15N3O2/c19-14-11-8-9-16-15(20)13(11)17-12(18-14)7-6-10-4-2-1-3-5-10/h1-5H,6-9H2,(H,16,20)(H,17,18,19). The summed E-state index contributed by atoms with van der Waals surface area (Å²) in [5, 5.41) is 2.71. The van der Waals surface area contributed by atoms with Crippen LogP contribution in [0.15, 0.2) is 35.1 Å². The molecule has 2 N–H and O–H groups in total. The van der Waals surface area contributed by atoms with Crippen molar-refractivity contribution >= 4 is 5.91 Å². The highest BCUT2D eigenvalue weighted by Crippen LogP contribution is 2.08. The van der Waals surface area contributed by atoms with Gasteiger partial charge in [0.05, 0.1) is 5.56 Å². The van der Waals surface area contributed by atoms with Crippen molar-refractivity contribution in [3.8, 4) is 0 Å². The molecule has 1 aromatic heterocycles. The van der Waals surface area contributed by atoms with E-state index in [4.69, 9.17) is 0 Å². The van der Waals surface area contributed by atoms with Gasteiger partial charge in [0, 0.05) is 13.0 Å². The van der Waals surface area contributed by atoms with E-state index in [9.17, 15) is 9.59 Å². The van der Waals surface area contributed by atoms with Crippen molar-refractivity contribution in [2.24, 2.45) is 0 Å². The summed E-state index contributed by atoms with van der Waals surface area (Å²) in [6.07, 6.45) is 1.94. The van der Waals surface area contributed by atoms with E-state index in [0.29, 0.717) is 30.8 Å². The number of H-pyrrole nitrogens is 1. The molecule has 0 saturated heterocycles. The highest BCUT2D eigenvalue weighted by Gasteiger charge is 2.21. The molecule has 0 unspecified atom stereocenters. The first kappa shape index (κ1) is 12.6. The van der Waals surface area contributed by atoms with E-state index >= 15 is 0 Å². The predicted octanol–water partition coefficient (Wildman–Crippen LogP) is 0.841. The number of aryl methyl sites for hydroxylation is 2. The lowest BCUT2D eigenvalue weighted by Gasteiger charge is -2.15. The number of benzene rings is 1. The molecule has 0 atom stereocenters. The van der Waals surface area contributed by atoms with Gasteiger partial charge in [-0.25, -0.2) is 4.98 Å².